The van der Waals surface area contributed by atoms with Crippen LogP contribution in [0.5, 0.6) is 0 Å². The first kappa shape index (κ1) is 11.9. The van der Waals surface area contributed by atoms with Crippen molar-refractivity contribution in [2.75, 3.05) is 0 Å². The average Bonchev–Trinajstić information content (AvgIpc) is 2.54. The van der Waals surface area contributed by atoms with Crippen LogP contribution in [0.1, 0.15) is 10.4 Å². The summed E-state index contributed by atoms with van der Waals surface area (Å²) in [6, 6.07) is 4.50. The molecule has 0 radical (unpaired) electrons. The first-order valence-electron chi connectivity index (χ1n) is 4.76. The molecule has 0 bridgehead atoms. The Morgan fingerprint density at radius 1 is 1.47 bits per heavy atom. The number of hydrogen-bond donors (Lipinski definition) is 1. The highest BCUT2D eigenvalue weighted by Crippen LogP contribution is 2.33. The molecule has 3 nitrogen and oxygen atoms in total. The molecule has 0 aliphatic carbocycles. The lowest BCUT2D eigenvalue weighted by molar-refractivity contribution is 0.0697. The fourth-order valence-electron chi connectivity index (χ4n) is 1.68. The summed E-state index contributed by atoms with van der Waals surface area (Å²) in [6.07, 6.45) is 1.58. The Labute approximate surface area is 100 Å². The van der Waals surface area contributed by atoms with E-state index in [1.807, 2.05) is 0 Å². The van der Waals surface area contributed by atoms with Gasteiger partial charge in [0.2, 0.25) is 0 Å². The number of nitrogens with zero attached hydrogens (tertiary/aromatic N) is 1. The second kappa shape index (κ2) is 4.37. The lowest BCUT2D eigenvalue weighted by Gasteiger charge is -1.99. The number of alkyl halides is 2. The standard InChI is InChI=1S/C11H9F2NO2S/c1-14-5-9(17-11(12)13)7-4-6(10(15)16)2-3-8(7)14/h2-5,11H,1H3,(H,15,16). The molecule has 2 rings (SSSR count). The van der Waals surface area contributed by atoms with Gasteiger partial charge in [0.05, 0.1) is 5.56 Å². The molecule has 1 aromatic heterocycles. The van der Waals surface area contributed by atoms with E-state index in [0.717, 1.165) is 5.52 Å². The molecule has 1 aromatic carbocycles. The third kappa shape index (κ3) is 2.26. The van der Waals surface area contributed by atoms with Crippen LogP contribution in [0.15, 0.2) is 29.3 Å². The molecule has 2 aromatic rings. The molecule has 0 atom stereocenters. The van der Waals surface area contributed by atoms with Crippen molar-refractivity contribution >= 4 is 28.6 Å². The maximum absolute atomic E-state index is 12.4. The summed E-state index contributed by atoms with van der Waals surface area (Å²) >= 11 is 0.422. The predicted molar refractivity (Wildman–Crippen MR) is 61.7 cm³/mol. The number of halogens is 2. The summed E-state index contributed by atoms with van der Waals surface area (Å²) in [5.74, 6) is -3.59. The highest BCUT2D eigenvalue weighted by atomic mass is 32.2. The summed E-state index contributed by atoms with van der Waals surface area (Å²) in [5.41, 5.74) is 0.831. The maximum atomic E-state index is 12.4. The second-order valence-corrected chi connectivity index (χ2v) is 4.55. The lowest BCUT2D eigenvalue weighted by atomic mass is 10.1. The summed E-state index contributed by atoms with van der Waals surface area (Å²) in [6.45, 7) is 0. The third-order valence-corrected chi connectivity index (χ3v) is 3.17. The van der Waals surface area contributed by atoms with Gasteiger partial charge < -0.3 is 9.67 Å². The molecule has 6 heteroatoms. The van der Waals surface area contributed by atoms with Gasteiger partial charge in [0.15, 0.2) is 0 Å². The van der Waals surface area contributed by atoms with Crippen LogP contribution in [-0.4, -0.2) is 21.4 Å². The van der Waals surface area contributed by atoms with Gasteiger partial charge in [-0.15, -0.1) is 0 Å². The van der Waals surface area contributed by atoms with Crippen molar-refractivity contribution in [2.45, 2.75) is 10.7 Å². The highest BCUT2D eigenvalue weighted by molar-refractivity contribution is 7.99. The van der Waals surface area contributed by atoms with E-state index in [1.165, 1.54) is 12.1 Å². The first-order chi connectivity index (χ1) is 7.99. The van der Waals surface area contributed by atoms with E-state index >= 15 is 0 Å². The van der Waals surface area contributed by atoms with Crippen LogP contribution < -0.4 is 0 Å². The zero-order chi connectivity index (χ0) is 12.6. The molecule has 17 heavy (non-hydrogen) atoms. The quantitative estimate of drug-likeness (QED) is 0.859. The number of rotatable bonds is 3. The lowest BCUT2D eigenvalue weighted by Crippen LogP contribution is -1.95. The summed E-state index contributed by atoms with van der Waals surface area (Å²) in [5, 5.41) is 9.40. The predicted octanol–water partition coefficient (Wildman–Crippen LogP) is 3.19. The second-order valence-electron chi connectivity index (χ2n) is 3.52. The number of carbonyl (C=O) groups is 1. The summed E-state index contributed by atoms with van der Waals surface area (Å²) in [4.78, 5) is 11.2. The minimum atomic E-state index is -2.52. The van der Waals surface area contributed by atoms with Crippen molar-refractivity contribution < 1.29 is 18.7 Å². The molecular weight excluding hydrogens is 248 g/mol. The molecule has 90 valence electrons. The Morgan fingerprint density at radius 3 is 2.76 bits per heavy atom. The zero-order valence-electron chi connectivity index (χ0n) is 8.85. The molecule has 0 saturated carbocycles. The SMILES string of the molecule is Cn1cc(SC(F)F)c2cc(C(=O)O)ccc21. The Kier molecular flexibility index (Phi) is 3.06. The summed E-state index contributed by atoms with van der Waals surface area (Å²) in [7, 11) is 1.73. The normalized spacial score (nSPS) is 11.3. The average molecular weight is 257 g/mol. The molecular formula is C11H9F2NO2S. The Balaban J connectivity index is 2.60. The molecule has 0 amide bonds. The fraction of sp³-hybridized carbons (Fsp3) is 0.182. The molecule has 1 heterocycles. The van der Waals surface area contributed by atoms with Gasteiger partial charge in [0, 0.05) is 29.0 Å². The van der Waals surface area contributed by atoms with Crippen LogP contribution in [0.4, 0.5) is 8.78 Å². The molecule has 0 saturated heterocycles. The zero-order valence-corrected chi connectivity index (χ0v) is 9.67. The maximum Gasteiger partial charge on any atom is 0.335 e. The van der Waals surface area contributed by atoms with Crippen molar-refractivity contribution in [1.82, 2.24) is 4.57 Å². The van der Waals surface area contributed by atoms with Crippen LogP contribution in [0.2, 0.25) is 0 Å². The minimum Gasteiger partial charge on any atom is -0.478 e. The van der Waals surface area contributed by atoms with Crippen molar-refractivity contribution in [3.05, 3.63) is 30.0 Å². The minimum absolute atomic E-state index is 0.0971. The van der Waals surface area contributed by atoms with E-state index in [-0.39, 0.29) is 5.56 Å². The number of thioether (sulfide) groups is 1. The number of carboxylic acids is 1. The number of aromatic nitrogens is 1. The monoisotopic (exact) mass is 257 g/mol. The van der Waals surface area contributed by atoms with Gasteiger partial charge in [-0.25, -0.2) is 4.79 Å². The molecule has 0 aliphatic rings. The van der Waals surface area contributed by atoms with Crippen LogP contribution in [0.25, 0.3) is 10.9 Å². The van der Waals surface area contributed by atoms with E-state index < -0.39 is 11.7 Å². The number of fused-ring (bicyclic) bond motifs is 1. The van der Waals surface area contributed by atoms with Crippen LogP contribution in [0, 0.1) is 0 Å². The van der Waals surface area contributed by atoms with Gasteiger partial charge in [0.25, 0.3) is 5.76 Å². The van der Waals surface area contributed by atoms with Gasteiger partial charge in [-0.2, -0.15) is 8.78 Å². The molecule has 0 spiro atoms. The van der Waals surface area contributed by atoms with Crippen molar-refractivity contribution in [3.8, 4) is 0 Å². The Bertz CT molecular complexity index is 580. The van der Waals surface area contributed by atoms with E-state index in [4.69, 9.17) is 5.11 Å². The number of carboxylic acid groups (broad SMARTS) is 1. The van der Waals surface area contributed by atoms with Crippen molar-refractivity contribution in [1.29, 1.82) is 0 Å². The number of benzene rings is 1. The molecule has 1 N–H and O–H groups in total. The Hall–Kier alpha value is -1.56. The van der Waals surface area contributed by atoms with Gasteiger partial charge in [-0.3, -0.25) is 0 Å². The van der Waals surface area contributed by atoms with Gasteiger partial charge >= 0.3 is 5.97 Å². The fourth-order valence-corrected chi connectivity index (χ4v) is 2.38. The van der Waals surface area contributed by atoms with E-state index in [2.05, 4.69) is 0 Å². The van der Waals surface area contributed by atoms with Crippen LogP contribution in [0.3, 0.4) is 0 Å². The highest BCUT2D eigenvalue weighted by Gasteiger charge is 2.14. The van der Waals surface area contributed by atoms with E-state index in [9.17, 15) is 13.6 Å². The van der Waals surface area contributed by atoms with Crippen LogP contribution >= 0.6 is 11.8 Å². The van der Waals surface area contributed by atoms with Crippen molar-refractivity contribution in [2.24, 2.45) is 7.05 Å². The molecule has 0 aliphatic heterocycles. The third-order valence-electron chi connectivity index (χ3n) is 2.42. The van der Waals surface area contributed by atoms with E-state index in [1.54, 1.807) is 23.9 Å². The van der Waals surface area contributed by atoms with Gasteiger partial charge in [-0.05, 0) is 18.2 Å². The van der Waals surface area contributed by atoms with E-state index in [0.29, 0.717) is 22.0 Å². The molecule has 0 unspecified atom stereocenters. The van der Waals surface area contributed by atoms with Crippen molar-refractivity contribution in [3.63, 3.8) is 0 Å². The van der Waals surface area contributed by atoms with Crippen LogP contribution in [-0.2, 0) is 7.05 Å². The first-order valence-corrected chi connectivity index (χ1v) is 5.64. The largest absolute Gasteiger partial charge is 0.478 e. The number of aryl methyl sites for hydroxylation is 1. The van der Waals surface area contributed by atoms with Gasteiger partial charge in [0.1, 0.15) is 0 Å². The smallest absolute Gasteiger partial charge is 0.335 e. The number of aromatic carboxylic acids is 1. The number of hydrogen-bond acceptors (Lipinski definition) is 2. The Morgan fingerprint density at radius 2 is 2.18 bits per heavy atom. The topological polar surface area (TPSA) is 42.2 Å². The molecule has 0 fully saturated rings. The summed E-state index contributed by atoms with van der Waals surface area (Å²) < 4.78 is 26.4. The van der Waals surface area contributed by atoms with Gasteiger partial charge in [-0.1, -0.05) is 11.8 Å².